The van der Waals surface area contributed by atoms with Crippen molar-refractivity contribution in [2.75, 3.05) is 5.32 Å². The summed E-state index contributed by atoms with van der Waals surface area (Å²) in [7, 11) is 0. The third-order valence-electron chi connectivity index (χ3n) is 7.13. The van der Waals surface area contributed by atoms with E-state index >= 15 is 4.39 Å². The molecule has 0 atom stereocenters. The lowest BCUT2D eigenvalue weighted by Gasteiger charge is -2.14. The molecule has 0 bridgehead atoms. The number of aromatic nitrogens is 3. The smallest absolute Gasteiger partial charge is 0.142 e. The van der Waals surface area contributed by atoms with Crippen LogP contribution in [0.1, 0.15) is 29.3 Å². The zero-order valence-corrected chi connectivity index (χ0v) is 24.0. The molecule has 0 unspecified atom stereocenters. The van der Waals surface area contributed by atoms with Crippen LogP contribution in [0.2, 0.25) is 0 Å². The number of nitrogens with zero attached hydrogens (tertiary/aromatic N) is 2. The number of fused-ring (bicyclic) bond motifs is 1. The number of hydrogen-bond donors (Lipinski definition) is 3. The molecule has 3 aromatic carbocycles. The third-order valence-corrected chi connectivity index (χ3v) is 7.13. The topological polar surface area (TPSA) is 65.6 Å². The first-order valence-corrected chi connectivity index (χ1v) is 13.7. The Balaban J connectivity index is 1.45. The first-order chi connectivity index (χ1) is 20.8. The Morgan fingerprint density at radius 2 is 1.74 bits per heavy atom. The van der Waals surface area contributed by atoms with Gasteiger partial charge in [0.2, 0.25) is 0 Å². The van der Waals surface area contributed by atoms with E-state index in [0.717, 1.165) is 22.3 Å². The molecule has 0 fully saturated rings. The molecule has 0 saturated heterocycles. The van der Waals surface area contributed by atoms with Gasteiger partial charge in [-0.25, -0.2) is 13.8 Å². The maximum atomic E-state index is 16.3. The number of halogens is 2. The summed E-state index contributed by atoms with van der Waals surface area (Å²) < 4.78 is 30.2. The van der Waals surface area contributed by atoms with Crippen molar-refractivity contribution in [3.05, 3.63) is 157 Å². The van der Waals surface area contributed by atoms with Gasteiger partial charge >= 0.3 is 0 Å². The monoisotopic (exact) mass is 571 g/mol. The molecular weight excluding hydrogens is 540 g/mol. The number of H-pyrrole nitrogens is 1. The number of allylic oxidation sites excluding steroid dienone is 4. The Hall–Kier alpha value is -5.56. The van der Waals surface area contributed by atoms with Crippen molar-refractivity contribution in [2.45, 2.75) is 13.8 Å². The van der Waals surface area contributed by atoms with Crippen LogP contribution in [-0.2, 0) is 0 Å². The van der Waals surface area contributed by atoms with Gasteiger partial charge in [-0.1, -0.05) is 68.3 Å². The molecule has 5 nitrogen and oxygen atoms in total. The minimum absolute atomic E-state index is 0.295. The summed E-state index contributed by atoms with van der Waals surface area (Å²) in [6.07, 6.45) is 6.95. The first-order valence-electron chi connectivity index (χ1n) is 13.7. The highest BCUT2D eigenvalue weighted by molar-refractivity contribution is 5.96. The Morgan fingerprint density at radius 3 is 2.47 bits per heavy atom. The molecule has 0 aliphatic rings. The molecule has 7 heteroatoms. The summed E-state index contributed by atoms with van der Waals surface area (Å²) in [5.41, 5.74) is 6.87. The summed E-state index contributed by atoms with van der Waals surface area (Å²) in [5.74, 6) is -0.261. The number of hydrogen-bond acceptors (Lipinski definition) is 4. The number of rotatable bonds is 10. The van der Waals surface area contributed by atoms with E-state index < -0.39 is 5.82 Å². The van der Waals surface area contributed by atoms with E-state index in [4.69, 9.17) is 0 Å². The van der Waals surface area contributed by atoms with Gasteiger partial charge < -0.3 is 10.6 Å². The van der Waals surface area contributed by atoms with Crippen LogP contribution in [0.3, 0.4) is 0 Å². The van der Waals surface area contributed by atoms with Gasteiger partial charge in [0.05, 0.1) is 16.6 Å². The summed E-state index contributed by atoms with van der Waals surface area (Å²) in [4.78, 5) is 4.45. The highest BCUT2D eigenvalue weighted by atomic mass is 19.1. The van der Waals surface area contributed by atoms with Crippen LogP contribution in [0.25, 0.3) is 39.0 Å². The van der Waals surface area contributed by atoms with Crippen molar-refractivity contribution in [1.29, 1.82) is 0 Å². The average Bonchev–Trinajstić information content (AvgIpc) is 3.46. The van der Waals surface area contributed by atoms with E-state index in [1.54, 1.807) is 30.5 Å². The lowest BCUT2D eigenvalue weighted by Crippen LogP contribution is -2.09. The standard InChI is InChI=1S/C36H31F2N5/c1-6-25(21-29(7-2)40-23(4)26-12-9-8-10-13-26)31-16-17-32-33(34(31)38)35(43-42-32)24(5)41-36-22(3)30(18-19-39-36)27-14-11-15-28(37)20-27/h6-21,40H,2,4-5H2,1,3H3,(H,39,41)(H,42,43)/b25-6+,29-21+. The fourth-order valence-corrected chi connectivity index (χ4v) is 4.86. The number of benzene rings is 3. The third kappa shape index (κ3) is 6.06. The molecule has 0 aliphatic heterocycles. The zero-order chi connectivity index (χ0) is 30.5. The molecule has 0 spiro atoms. The Labute approximate surface area is 249 Å². The maximum Gasteiger partial charge on any atom is 0.142 e. The van der Waals surface area contributed by atoms with Crippen molar-refractivity contribution < 1.29 is 8.78 Å². The molecule has 43 heavy (non-hydrogen) atoms. The van der Waals surface area contributed by atoms with Gasteiger partial charge in [0.15, 0.2) is 0 Å². The predicted molar refractivity (Wildman–Crippen MR) is 174 cm³/mol. The average molecular weight is 572 g/mol. The lowest BCUT2D eigenvalue weighted by atomic mass is 10.00. The van der Waals surface area contributed by atoms with Crippen LogP contribution >= 0.6 is 0 Å². The molecule has 214 valence electrons. The van der Waals surface area contributed by atoms with Gasteiger partial charge in [-0.05, 0) is 84.2 Å². The molecule has 0 amide bonds. The molecular formula is C36H31F2N5. The largest absolute Gasteiger partial charge is 0.356 e. The minimum Gasteiger partial charge on any atom is -0.356 e. The SMILES string of the molecule is C=C/C(=C\C(=C/C)c1ccc2[nH]nc(C(=C)Nc3nccc(-c4cccc(F)c4)c3C)c2c1F)NC(=C)c1ccccc1. The number of anilines is 1. The summed E-state index contributed by atoms with van der Waals surface area (Å²) in [6, 6.07) is 21.4. The van der Waals surface area contributed by atoms with Crippen LogP contribution in [0.4, 0.5) is 14.6 Å². The van der Waals surface area contributed by atoms with Crippen LogP contribution in [0.15, 0.2) is 123 Å². The van der Waals surface area contributed by atoms with Gasteiger partial charge in [-0.15, -0.1) is 0 Å². The minimum atomic E-state index is -0.447. The highest BCUT2D eigenvalue weighted by Crippen LogP contribution is 2.33. The number of nitrogens with one attached hydrogen (secondary N) is 3. The molecule has 3 N–H and O–H groups in total. The zero-order valence-electron chi connectivity index (χ0n) is 24.0. The van der Waals surface area contributed by atoms with Gasteiger partial charge in [0, 0.05) is 23.2 Å². The van der Waals surface area contributed by atoms with E-state index in [9.17, 15) is 4.39 Å². The fraction of sp³-hybridized carbons (Fsp3) is 0.0556. The van der Waals surface area contributed by atoms with Gasteiger partial charge in [0.25, 0.3) is 0 Å². The molecule has 2 aromatic heterocycles. The van der Waals surface area contributed by atoms with Crippen molar-refractivity contribution in [2.24, 2.45) is 0 Å². The summed E-state index contributed by atoms with van der Waals surface area (Å²) in [5, 5.41) is 14.0. The summed E-state index contributed by atoms with van der Waals surface area (Å²) in [6.45, 7) is 15.9. The van der Waals surface area contributed by atoms with Crippen LogP contribution in [-0.4, -0.2) is 15.2 Å². The molecule has 0 radical (unpaired) electrons. The Kier molecular flexibility index (Phi) is 8.44. The van der Waals surface area contributed by atoms with Crippen LogP contribution in [0.5, 0.6) is 0 Å². The van der Waals surface area contributed by atoms with Crippen LogP contribution in [0, 0.1) is 18.6 Å². The molecule has 5 aromatic rings. The second-order valence-corrected chi connectivity index (χ2v) is 9.89. The molecule has 2 heterocycles. The van der Waals surface area contributed by atoms with Crippen molar-refractivity contribution >= 4 is 33.7 Å². The van der Waals surface area contributed by atoms with Crippen molar-refractivity contribution in [1.82, 2.24) is 20.5 Å². The Bertz CT molecular complexity index is 1920. The molecule has 0 aliphatic carbocycles. The van der Waals surface area contributed by atoms with E-state index in [1.165, 1.54) is 12.1 Å². The Morgan fingerprint density at radius 1 is 0.953 bits per heavy atom. The fourth-order valence-electron chi connectivity index (χ4n) is 4.86. The van der Waals surface area contributed by atoms with Gasteiger partial charge in [-0.3, -0.25) is 5.10 Å². The number of pyridine rings is 1. The molecule has 5 rings (SSSR count). The van der Waals surface area contributed by atoms with Gasteiger partial charge in [0.1, 0.15) is 23.1 Å². The lowest BCUT2D eigenvalue weighted by molar-refractivity contribution is 0.628. The van der Waals surface area contributed by atoms with E-state index in [1.807, 2.05) is 68.5 Å². The number of aromatic amines is 1. The second-order valence-electron chi connectivity index (χ2n) is 9.89. The predicted octanol–water partition coefficient (Wildman–Crippen LogP) is 9.03. The summed E-state index contributed by atoms with van der Waals surface area (Å²) >= 11 is 0. The van der Waals surface area contributed by atoms with Crippen molar-refractivity contribution in [3.63, 3.8) is 0 Å². The van der Waals surface area contributed by atoms with Crippen LogP contribution < -0.4 is 10.6 Å². The maximum absolute atomic E-state index is 16.3. The second kappa shape index (κ2) is 12.5. The molecule has 0 saturated carbocycles. The van der Waals surface area contributed by atoms with E-state index in [0.29, 0.717) is 50.6 Å². The van der Waals surface area contributed by atoms with E-state index in [2.05, 4.69) is 45.6 Å². The van der Waals surface area contributed by atoms with E-state index in [-0.39, 0.29) is 5.82 Å². The van der Waals surface area contributed by atoms with Crippen molar-refractivity contribution in [3.8, 4) is 11.1 Å². The highest BCUT2D eigenvalue weighted by Gasteiger charge is 2.19. The normalized spacial score (nSPS) is 11.8. The van der Waals surface area contributed by atoms with Gasteiger partial charge in [-0.2, -0.15) is 5.10 Å². The quantitative estimate of drug-likeness (QED) is 0.146. The first kappa shape index (κ1) is 29.0.